The molecule has 0 bridgehead atoms. The quantitative estimate of drug-likeness (QED) is 0.791. The number of carbonyl (C=O) groups excluding carboxylic acids is 3. The van der Waals surface area contributed by atoms with E-state index in [1.165, 1.54) is 0 Å². The van der Waals surface area contributed by atoms with Crippen LogP contribution in [0.4, 0.5) is 10.5 Å². The summed E-state index contributed by atoms with van der Waals surface area (Å²) in [6.07, 6.45) is 1.62. The third-order valence-corrected chi connectivity index (χ3v) is 4.42. The maximum absolute atomic E-state index is 12.0. The van der Waals surface area contributed by atoms with Gasteiger partial charge >= 0.3 is 0 Å². The molecule has 1 fully saturated rings. The molecule has 0 atom stereocenters. The highest BCUT2D eigenvalue weighted by molar-refractivity contribution is 8.18. The van der Waals surface area contributed by atoms with E-state index in [2.05, 4.69) is 10.6 Å². The molecule has 132 valence electrons. The van der Waals surface area contributed by atoms with E-state index in [0.717, 1.165) is 28.6 Å². The van der Waals surface area contributed by atoms with E-state index in [0.29, 0.717) is 10.7 Å². The normalized spacial score (nSPS) is 15.0. The standard InChI is InChI=1S/C19H16N2O4S/c1-12-4-2-3-5-15(12)20-17(22)11-25-14-8-6-13(7-9-14)10-16-18(23)21-19(24)26-16/h2-10H,11H2,1H3,(H,20,22)(H,21,23,24)/b16-10-. The zero-order chi connectivity index (χ0) is 18.5. The Balaban J connectivity index is 1.55. The molecule has 0 saturated carbocycles. The highest BCUT2D eigenvalue weighted by atomic mass is 32.2. The number of anilines is 1. The molecule has 26 heavy (non-hydrogen) atoms. The Labute approximate surface area is 154 Å². The number of rotatable bonds is 5. The smallest absolute Gasteiger partial charge is 0.290 e. The average molecular weight is 368 g/mol. The van der Waals surface area contributed by atoms with Crippen molar-refractivity contribution >= 4 is 40.6 Å². The molecule has 2 aromatic carbocycles. The van der Waals surface area contributed by atoms with Gasteiger partial charge in [0.05, 0.1) is 4.91 Å². The molecule has 1 aliphatic heterocycles. The molecular formula is C19H16N2O4S. The van der Waals surface area contributed by atoms with Gasteiger partial charge in [-0.25, -0.2) is 0 Å². The maximum Gasteiger partial charge on any atom is 0.290 e. The Hall–Kier alpha value is -3.06. The summed E-state index contributed by atoms with van der Waals surface area (Å²) < 4.78 is 5.47. The lowest BCUT2D eigenvalue weighted by Gasteiger charge is -2.09. The number of hydrogen-bond donors (Lipinski definition) is 2. The van der Waals surface area contributed by atoms with Crippen LogP contribution >= 0.6 is 11.8 Å². The van der Waals surface area contributed by atoms with Crippen LogP contribution in [0.3, 0.4) is 0 Å². The lowest BCUT2D eigenvalue weighted by atomic mass is 10.2. The monoisotopic (exact) mass is 368 g/mol. The first kappa shape index (κ1) is 17.8. The van der Waals surface area contributed by atoms with Crippen molar-refractivity contribution in [1.82, 2.24) is 5.32 Å². The van der Waals surface area contributed by atoms with Crippen molar-refractivity contribution in [2.75, 3.05) is 11.9 Å². The van der Waals surface area contributed by atoms with Gasteiger partial charge in [-0.3, -0.25) is 19.7 Å². The maximum atomic E-state index is 12.0. The Kier molecular flexibility index (Phi) is 5.38. The van der Waals surface area contributed by atoms with Crippen LogP contribution in [0.1, 0.15) is 11.1 Å². The molecule has 7 heteroatoms. The molecule has 0 spiro atoms. The highest BCUT2D eigenvalue weighted by Gasteiger charge is 2.24. The van der Waals surface area contributed by atoms with Gasteiger partial charge in [0, 0.05) is 5.69 Å². The van der Waals surface area contributed by atoms with E-state index in [4.69, 9.17) is 4.74 Å². The van der Waals surface area contributed by atoms with E-state index >= 15 is 0 Å². The molecule has 1 aliphatic rings. The second kappa shape index (κ2) is 7.88. The minimum absolute atomic E-state index is 0.110. The SMILES string of the molecule is Cc1ccccc1NC(=O)COc1ccc(/C=C2\SC(=O)NC2=O)cc1. The second-order valence-corrected chi connectivity index (χ2v) is 6.59. The predicted octanol–water partition coefficient (Wildman–Crippen LogP) is 3.34. The van der Waals surface area contributed by atoms with Crippen molar-refractivity contribution in [2.45, 2.75) is 6.92 Å². The van der Waals surface area contributed by atoms with Crippen LogP contribution in [0.5, 0.6) is 5.75 Å². The number of hydrogen-bond acceptors (Lipinski definition) is 5. The number of thioether (sulfide) groups is 1. The largest absolute Gasteiger partial charge is 0.484 e. The molecule has 0 aromatic heterocycles. The lowest BCUT2D eigenvalue weighted by Crippen LogP contribution is -2.20. The summed E-state index contributed by atoms with van der Waals surface area (Å²) in [4.78, 5) is 35.0. The molecular weight excluding hydrogens is 352 g/mol. The van der Waals surface area contributed by atoms with Crippen LogP contribution in [-0.2, 0) is 9.59 Å². The van der Waals surface area contributed by atoms with Gasteiger partial charge in [0.15, 0.2) is 6.61 Å². The van der Waals surface area contributed by atoms with Crippen LogP contribution in [0, 0.1) is 6.92 Å². The number of amides is 3. The van der Waals surface area contributed by atoms with Crippen molar-refractivity contribution in [1.29, 1.82) is 0 Å². The summed E-state index contributed by atoms with van der Waals surface area (Å²) in [7, 11) is 0. The molecule has 3 amide bonds. The Morgan fingerprint density at radius 2 is 1.88 bits per heavy atom. The zero-order valence-corrected chi connectivity index (χ0v) is 14.8. The van der Waals surface area contributed by atoms with Crippen molar-refractivity contribution in [3.63, 3.8) is 0 Å². The summed E-state index contributed by atoms with van der Waals surface area (Å²) in [6.45, 7) is 1.81. The number of benzene rings is 2. The van der Waals surface area contributed by atoms with E-state index in [-0.39, 0.29) is 17.8 Å². The first-order chi connectivity index (χ1) is 12.5. The molecule has 2 N–H and O–H groups in total. The fourth-order valence-electron chi connectivity index (χ4n) is 2.28. The van der Waals surface area contributed by atoms with Crippen LogP contribution in [0.25, 0.3) is 6.08 Å². The van der Waals surface area contributed by atoms with Crippen molar-refractivity contribution in [3.05, 3.63) is 64.6 Å². The van der Waals surface area contributed by atoms with Gasteiger partial charge in [-0.15, -0.1) is 0 Å². The average Bonchev–Trinajstić information content (AvgIpc) is 2.93. The fourth-order valence-corrected chi connectivity index (χ4v) is 2.96. The molecule has 0 aliphatic carbocycles. The van der Waals surface area contributed by atoms with Crippen molar-refractivity contribution < 1.29 is 19.1 Å². The zero-order valence-electron chi connectivity index (χ0n) is 13.9. The topological polar surface area (TPSA) is 84.5 Å². The van der Waals surface area contributed by atoms with E-state index in [9.17, 15) is 14.4 Å². The van der Waals surface area contributed by atoms with Gasteiger partial charge in [0.1, 0.15) is 5.75 Å². The van der Waals surface area contributed by atoms with E-state index < -0.39 is 5.91 Å². The highest BCUT2D eigenvalue weighted by Crippen LogP contribution is 2.26. The third-order valence-electron chi connectivity index (χ3n) is 3.61. The number of ether oxygens (including phenoxy) is 1. The van der Waals surface area contributed by atoms with E-state index in [1.54, 1.807) is 30.3 Å². The van der Waals surface area contributed by atoms with Crippen molar-refractivity contribution in [3.8, 4) is 5.75 Å². The van der Waals surface area contributed by atoms with Crippen LogP contribution in [0.2, 0.25) is 0 Å². The first-order valence-electron chi connectivity index (χ1n) is 7.84. The second-order valence-electron chi connectivity index (χ2n) is 5.57. The number of carbonyl (C=O) groups is 3. The van der Waals surface area contributed by atoms with Crippen LogP contribution in [-0.4, -0.2) is 23.7 Å². The Morgan fingerprint density at radius 1 is 1.15 bits per heavy atom. The summed E-state index contributed by atoms with van der Waals surface area (Å²) in [5, 5.41) is 4.63. The molecule has 2 aromatic rings. The lowest BCUT2D eigenvalue weighted by molar-refractivity contribution is -0.118. The minimum atomic E-state index is -0.395. The summed E-state index contributed by atoms with van der Waals surface area (Å²) in [5.74, 6) is -0.108. The van der Waals surface area contributed by atoms with Gasteiger partial charge in [-0.05, 0) is 54.1 Å². The number of aryl methyl sites for hydroxylation is 1. The molecule has 0 unspecified atom stereocenters. The minimum Gasteiger partial charge on any atom is -0.484 e. The number of para-hydroxylation sites is 1. The predicted molar refractivity (Wildman–Crippen MR) is 101 cm³/mol. The van der Waals surface area contributed by atoms with Crippen LogP contribution in [0.15, 0.2) is 53.4 Å². The van der Waals surface area contributed by atoms with Crippen LogP contribution < -0.4 is 15.4 Å². The summed E-state index contributed by atoms with van der Waals surface area (Å²) in [5.41, 5.74) is 2.49. The third kappa shape index (κ3) is 4.52. The Bertz CT molecular complexity index is 891. The number of imide groups is 1. The van der Waals surface area contributed by atoms with Crippen molar-refractivity contribution in [2.24, 2.45) is 0 Å². The molecule has 0 radical (unpaired) electrons. The summed E-state index contributed by atoms with van der Waals surface area (Å²) in [6, 6.07) is 14.4. The van der Waals surface area contributed by atoms with Gasteiger partial charge < -0.3 is 10.1 Å². The van der Waals surface area contributed by atoms with Gasteiger partial charge in [0.25, 0.3) is 17.1 Å². The molecule has 1 saturated heterocycles. The molecule has 3 rings (SSSR count). The fraction of sp³-hybridized carbons (Fsp3) is 0.105. The number of nitrogens with one attached hydrogen (secondary N) is 2. The Morgan fingerprint density at radius 3 is 2.54 bits per heavy atom. The molecule has 6 nitrogen and oxygen atoms in total. The van der Waals surface area contributed by atoms with Gasteiger partial charge in [-0.2, -0.15) is 0 Å². The van der Waals surface area contributed by atoms with Gasteiger partial charge in [-0.1, -0.05) is 30.3 Å². The van der Waals surface area contributed by atoms with E-state index in [1.807, 2.05) is 31.2 Å². The summed E-state index contributed by atoms with van der Waals surface area (Å²) >= 11 is 0.866. The molecule has 1 heterocycles. The first-order valence-corrected chi connectivity index (χ1v) is 8.66. The van der Waals surface area contributed by atoms with Gasteiger partial charge in [0.2, 0.25) is 0 Å².